The first kappa shape index (κ1) is 12.4. The normalized spacial score (nSPS) is 9.69. The van der Waals surface area contributed by atoms with Crippen molar-refractivity contribution in [2.24, 2.45) is 5.73 Å². The van der Waals surface area contributed by atoms with Gasteiger partial charge in [-0.05, 0) is 12.1 Å². The van der Waals surface area contributed by atoms with Gasteiger partial charge in [-0.2, -0.15) is 0 Å². The van der Waals surface area contributed by atoms with Crippen molar-refractivity contribution in [1.29, 1.82) is 5.41 Å². The van der Waals surface area contributed by atoms with E-state index in [2.05, 4.69) is 15.9 Å². The molecule has 0 spiro atoms. The second-order valence-electron chi connectivity index (χ2n) is 2.74. The van der Waals surface area contributed by atoms with Crippen LogP contribution in [0.5, 0.6) is 0 Å². The maximum absolute atomic E-state index is 13.2. The maximum Gasteiger partial charge on any atom is 0.326 e. The van der Waals surface area contributed by atoms with Gasteiger partial charge in [0.2, 0.25) is 0 Å². The molecule has 2 amide bonds. The molecule has 0 fully saturated rings. The molecule has 86 valence electrons. The Hall–Kier alpha value is -1.70. The largest absolute Gasteiger partial charge is 0.370 e. The van der Waals surface area contributed by atoms with Gasteiger partial charge in [0.1, 0.15) is 5.69 Å². The summed E-state index contributed by atoms with van der Waals surface area (Å²) in [5.74, 6) is -2.51. The smallest absolute Gasteiger partial charge is 0.326 e. The van der Waals surface area contributed by atoms with Gasteiger partial charge in [-0.1, -0.05) is 15.9 Å². The van der Waals surface area contributed by atoms with E-state index in [1.54, 1.807) is 0 Å². The first-order valence-electron chi connectivity index (χ1n) is 3.96. The highest BCUT2D eigenvalue weighted by Gasteiger charge is 2.13. The monoisotopic (exact) mass is 292 g/mol. The summed E-state index contributed by atoms with van der Waals surface area (Å²) in [7, 11) is 0. The van der Waals surface area contributed by atoms with E-state index in [0.717, 1.165) is 12.1 Å². The lowest BCUT2D eigenvalue weighted by atomic mass is 10.3. The van der Waals surface area contributed by atoms with Gasteiger partial charge in [0.05, 0.1) is 0 Å². The zero-order valence-electron chi connectivity index (χ0n) is 7.77. The first-order valence-corrected chi connectivity index (χ1v) is 4.76. The van der Waals surface area contributed by atoms with Gasteiger partial charge >= 0.3 is 6.03 Å². The number of nitrogens with two attached hydrogens (primary N) is 1. The average molecular weight is 293 g/mol. The van der Waals surface area contributed by atoms with Crippen molar-refractivity contribution < 1.29 is 13.6 Å². The van der Waals surface area contributed by atoms with E-state index >= 15 is 0 Å². The van der Waals surface area contributed by atoms with E-state index in [1.807, 2.05) is 10.6 Å². The van der Waals surface area contributed by atoms with E-state index in [4.69, 9.17) is 11.1 Å². The Balaban J connectivity index is 2.89. The minimum Gasteiger partial charge on any atom is -0.370 e. The Morgan fingerprint density at radius 2 is 1.88 bits per heavy atom. The SMILES string of the molecule is N=C(N)NC(=O)Nc1c(F)cc(Br)cc1F. The molecular formula is C8H7BrF2N4O. The molecule has 1 aromatic carbocycles. The number of urea groups is 1. The number of rotatable bonds is 1. The number of halogens is 3. The summed E-state index contributed by atoms with van der Waals surface area (Å²) in [6.07, 6.45) is 0. The summed E-state index contributed by atoms with van der Waals surface area (Å²) in [6.45, 7) is 0. The van der Waals surface area contributed by atoms with E-state index in [-0.39, 0.29) is 4.47 Å². The highest BCUT2D eigenvalue weighted by molar-refractivity contribution is 9.10. The molecule has 1 aromatic rings. The third-order valence-electron chi connectivity index (χ3n) is 1.49. The number of nitrogens with one attached hydrogen (secondary N) is 3. The number of amides is 2. The summed E-state index contributed by atoms with van der Waals surface area (Å²) in [5, 5.41) is 10.5. The molecule has 16 heavy (non-hydrogen) atoms. The molecule has 0 aromatic heterocycles. The number of anilines is 1. The van der Waals surface area contributed by atoms with E-state index < -0.39 is 29.3 Å². The fourth-order valence-electron chi connectivity index (χ4n) is 0.929. The Labute approximate surface area is 97.6 Å². The first-order chi connectivity index (χ1) is 7.40. The number of carbonyl (C=O) groups is 1. The molecule has 1 rings (SSSR count). The summed E-state index contributed by atoms with van der Waals surface area (Å²) >= 11 is 2.89. The Morgan fingerprint density at radius 1 is 1.38 bits per heavy atom. The van der Waals surface area contributed by atoms with Crippen molar-refractivity contribution in [3.8, 4) is 0 Å². The molecule has 0 saturated carbocycles. The Morgan fingerprint density at radius 3 is 2.31 bits per heavy atom. The van der Waals surface area contributed by atoms with Crippen molar-refractivity contribution in [2.45, 2.75) is 0 Å². The molecule has 5 nitrogen and oxygen atoms in total. The van der Waals surface area contributed by atoms with E-state index in [1.165, 1.54) is 0 Å². The lowest BCUT2D eigenvalue weighted by molar-refractivity contribution is 0.255. The van der Waals surface area contributed by atoms with Crippen LogP contribution in [0.25, 0.3) is 0 Å². The Bertz CT molecular complexity index is 429. The van der Waals surface area contributed by atoms with Crippen molar-refractivity contribution >= 4 is 33.6 Å². The molecular weight excluding hydrogens is 286 g/mol. The second-order valence-corrected chi connectivity index (χ2v) is 3.65. The molecule has 0 aliphatic heterocycles. The molecule has 0 aliphatic carbocycles. The van der Waals surface area contributed by atoms with Gasteiger partial charge in [0, 0.05) is 4.47 Å². The molecule has 0 heterocycles. The molecule has 0 saturated heterocycles. The summed E-state index contributed by atoms with van der Waals surface area (Å²) in [5.41, 5.74) is 4.25. The molecule has 0 radical (unpaired) electrons. The highest BCUT2D eigenvalue weighted by atomic mass is 79.9. The molecule has 5 N–H and O–H groups in total. The molecule has 0 aliphatic rings. The van der Waals surface area contributed by atoms with Crippen LogP contribution in [0.2, 0.25) is 0 Å². The van der Waals surface area contributed by atoms with Gasteiger partial charge in [-0.15, -0.1) is 0 Å². The summed E-state index contributed by atoms with van der Waals surface area (Å²) in [4.78, 5) is 11.0. The van der Waals surface area contributed by atoms with Gasteiger partial charge in [-0.3, -0.25) is 10.7 Å². The predicted octanol–water partition coefficient (Wildman–Crippen LogP) is 1.74. The lowest BCUT2D eigenvalue weighted by Gasteiger charge is -2.08. The fraction of sp³-hybridized carbons (Fsp3) is 0. The maximum atomic E-state index is 13.2. The second kappa shape index (κ2) is 4.88. The molecule has 0 unspecified atom stereocenters. The van der Waals surface area contributed by atoms with Gasteiger partial charge in [0.15, 0.2) is 17.6 Å². The third kappa shape index (κ3) is 3.16. The van der Waals surface area contributed by atoms with Crippen LogP contribution in [0.1, 0.15) is 0 Å². The summed E-state index contributed by atoms with van der Waals surface area (Å²) in [6, 6.07) is 0.992. The Kier molecular flexibility index (Phi) is 3.78. The van der Waals surface area contributed by atoms with Gasteiger partial charge in [0.25, 0.3) is 0 Å². The van der Waals surface area contributed by atoms with Crippen molar-refractivity contribution in [3.05, 3.63) is 28.2 Å². The number of hydrogen-bond acceptors (Lipinski definition) is 2. The third-order valence-corrected chi connectivity index (χ3v) is 1.95. The molecule has 0 atom stereocenters. The minimum absolute atomic E-state index is 0.208. The average Bonchev–Trinajstić information content (AvgIpc) is 2.09. The lowest BCUT2D eigenvalue weighted by Crippen LogP contribution is -2.39. The van der Waals surface area contributed by atoms with Crippen LogP contribution in [0.3, 0.4) is 0 Å². The standard InChI is InChI=1S/C8H7BrF2N4O/c9-3-1-4(10)6(5(11)2-3)14-8(16)15-7(12)13/h1-2H,(H5,12,13,14,15,16). The fourth-order valence-corrected chi connectivity index (χ4v) is 1.33. The quantitative estimate of drug-likeness (QED) is 0.469. The van der Waals surface area contributed by atoms with Crippen molar-refractivity contribution in [3.63, 3.8) is 0 Å². The zero-order chi connectivity index (χ0) is 12.3. The molecule has 0 bridgehead atoms. The van der Waals surface area contributed by atoms with Crippen LogP contribution in [-0.2, 0) is 0 Å². The zero-order valence-corrected chi connectivity index (χ0v) is 9.36. The minimum atomic E-state index is -0.993. The number of hydrogen-bond donors (Lipinski definition) is 4. The predicted molar refractivity (Wildman–Crippen MR) is 58.1 cm³/mol. The van der Waals surface area contributed by atoms with Crippen molar-refractivity contribution in [2.75, 3.05) is 5.32 Å². The van der Waals surface area contributed by atoms with Crippen LogP contribution in [0.15, 0.2) is 16.6 Å². The topological polar surface area (TPSA) is 91.0 Å². The van der Waals surface area contributed by atoms with Crippen LogP contribution >= 0.6 is 15.9 Å². The van der Waals surface area contributed by atoms with Crippen LogP contribution in [0, 0.1) is 17.0 Å². The molecule has 8 heteroatoms. The number of carbonyl (C=O) groups excluding carboxylic acids is 1. The number of guanidine groups is 1. The summed E-state index contributed by atoms with van der Waals surface area (Å²) < 4.78 is 26.6. The van der Waals surface area contributed by atoms with E-state index in [9.17, 15) is 13.6 Å². The van der Waals surface area contributed by atoms with Crippen molar-refractivity contribution in [1.82, 2.24) is 5.32 Å². The van der Waals surface area contributed by atoms with Gasteiger partial charge in [-0.25, -0.2) is 13.6 Å². The van der Waals surface area contributed by atoms with Crippen LogP contribution in [0.4, 0.5) is 19.3 Å². The van der Waals surface area contributed by atoms with E-state index in [0.29, 0.717) is 0 Å². The van der Waals surface area contributed by atoms with Gasteiger partial charge < -0.3 is 11.1 Å². The number of benzene rings is 1. The highest BCUT2D eigenvalue weighted by Crippen LogP contribution is 2.23. The van der Waals surface area contributed by atoms with Crippen LogP contribution in [-0.4, -0.2) is 12.0 Å². The van der Waals surface area contributed by atoms with Crippen LogP contribution < -0.4 is 16.4 Å².